The van der Waals surface area contributed by atoms with Gasteiger partial charge < -0.3 is 47.7 Å². The Bertz CT molecular complexity index is 1310. The fourth-order valence-electron chi connectivity index (χ4n) is 3.91. The molecule has 4 unspecified atom stereocenters. The lowest BCUT2D eigenvalue weighted by atomic mass is 10.0. The molecule has 2 rings (SSSR count). The molecule has 0 aliphatic rings. The van der Waals surface area contributed by atoms with E-state index in [4.69, 9.17) is 21.7 Å². The molecule has 1 heterocycles. The summed E-state index contributed by atoms with van der Waals surface area (Å²) < 4.78 is 0. The van der Waals surface area contributed by atoms with Crippen LogP contribution >= 0.6 is 0 Å². The number of fused-ring (bicyclic) bond motifs is 1. The third-order valence-corrected chi connectivity index (χ3v) is 6.04. The van der Waals surface area contributed by atoms with Crippen LogP contribution in [0.4, 0.5) is 0 Å². The molecule has 0 spiro atoms. The lowest BCUT2D eigenvalue weighted by molar-refractivity contribution is -0.142. The van der Waals surface area contributed by atoms with Crippen LogP contribution < -0.4 is 27.4 Å². The number of hydrogen-bond donors (Lipinski definition) is 9. The average Bonchev–Trinajstić information content (AvgIpc) is 3.30. The second kappa shape index (κ2) is 15.0. The number of nitrogens with two attached hydrogens (primary N) is 2. The van der Waals surface area contributed by atoms with Gasteiger partial charge in [0.1, 0.15) is 18.1 Å². The molecule has 4 atom stereocenters. The fourth-order valence-corrected chi connectivity index (χ4v) is 3.91. The number of carbonyl (C=O) groups is 7. The van der Waals surface area contributed by atoms with Crippen LogP contribution in [0.25, 0.3) is 10.9 Å². The van der Waals surface area contributed by atoms with E-state index in [1.54, 1.807) is 30.5 Å². The maximum atomic E-state index is 13.3. The number of carboxylic acid groups (broad SMARTS) is 3. The van der Waals surface area contributed by atoms with E-state index in [1.165, 1.54) is 0 Å². The third kappa shape index (κ3) is 10.2. The number of rotatable bonds is 17. The van der Waals surface area contributed by atoms with Gasteiger partial charge in [0.15, 0.2) is 0 Å². The number of primary amides is 1. The number of aliphatic carboxylic acids is 3. The first-order chi connectivity index (χ1) is 19.3. The van der Waals surface area contributed by atoms with Crippen molar-refractivity contribution in [3.8, 4) is 0 Å². The number of amides is 4. The van der Waals surface area contributed by atoms with Crippen molar-refractivity contribution >= 4 is 52.4 Å². The van der Waals surface area contributed by atoms with E-state index in [1.807, 2.05) is 0 Å². The van der Waals surface area contributed by atoms with Crippen molar-refractivity contribution in [2.45, 2.75) is 62.7 Å². The lowest BCUT2D eigenvalue weighted by Crippen LogP contribution is -2.57. The second-order valence-electron chi connectivity index (χ2n) is 9.23. The van der Waals surface area contributed by atoms with E-state index >= 15 is 0 Å². The van der Waals surface area contributed by atoms with Crippen molar-refractivity contribution in [3.05, 3.63) is 36.0 Å². The van der Waals surface area contributed by atoms with Crippen LogP contribution in [0.2, 0.25) is 0 Å². The van der Waals surface area contributed by atoms with Gasteiger partial charge in [-0.1, -0.05) is 18.2 Å². The van der Waals surface area contributed by atoms with Crippen molar-refractivity contribution in [2.75, 3.05) is 0 Å². The summed E-state index contributed by atoms with van der Waals surface area (Å²) in [4.78, 5) is 86.8. The van der Waals surface area contributed by atoms with Gasteiger partial charge in [-0.25, -0.2) is 4.79 Å². The summed E-state index contributed by atoms with van der Waals surface area (Å²) in [6.45, 7) is 0. The van der Waals surface area contributed by atoms with Gasteiger partial charge in [0, 0.05) is 36.4 Å². The minimum absolute atomic E-state index is 0.151. The molecular weight excluding hydrogens is 544 g/mol. The largest absolute Gasteiger partial charge is 0.481 e. The molecule has 41 heavy (non-hydrogen) atoms. The van der Waals surface area contributed by atoms with E-state index in [0.29, 0.717) is 10.9 Å². The van der Waals surface area contributed by atoms with Gasteiger partial charge in [-0.15, -0.1) is 0 Å². The zero-order valence-electron chi connectivity index (χ0n) is 21.8. The van der Waals surface area contributed by atoms with Crippen molar-refractivity contribution in [3.63, 3.8) is 0 Å². The van der Waals surface area contributed by atoms with Crippen LogP contribution in [0.5, 0.6) is 0 Å². The Kier molecular flexibility index (Phi) is 11.8. The summed E-state index contributed by atoms with van der Waals surface area (Å²) in [5, 5.41) is 35.1. The number of carboxylic acids is 3. The molecule has 0 fully saturated rings. The highest BCUT2D eigenvalue weighted by atomic mass is 16.4. The van der Waals surface area contributed by atoms with Crippen molar-refractivity contribution in [1.82, 2.24) is 20.9 Å². The monoisotopic (exact) mass is 576 g/mol. The van der Waals surface area contributed by atoms with Crippen LogP contribution in [0.15, 0.2) is 30.5 Å². The molecule has 0 saturated heterocycles. The predicted molar refractivity (Wildman–Crippen MR) is 141 cm³/mol. The SMILES string of the molecule is NC(=O)CCC(NC(=O)C(Cc1c[nH]c2ccccc12)NC(=O)C(CCC(=O)O)NC(=O)C(N)CC(=O)O)C(=O)O. The van der Waals surface area contributed by atoms with E-state index < -0.39 is 85.0 Å². The first-order valence-corrected chi connectivity index (χ1v) is 12.4. The minimum atomic E-state index is -1.54. The van der Waals surface area contributed by atoms with Crippen LogP contribution in [-0.4, -0.2) is 86.0 Å². The van der Waals surface area contributed by atoms with Gasteiger partial charge in [0.05, 0.1) is 12.5 Å². The van der Waals surface area contributed by atoms with Gasteiger partial charge in [-0.2, -0.15) is 0 Å². The highest BCUT2D eigenvalue weighted by Gasteiger charge is 2.31. The summed E-state index contributed by atoms with van der Waals surface area (Å²) in [5.41, 5.74) is 11.9. The summed E-state index contributed by atoms with van der Waals surface area (Å²) in [5.74, 6) is -7.87. The average molecular weight is 577 g/mol. The summed E-state index contributed by atoms with van der Waals surface area (Å²) in [6.07, 6.45) is -0.966. The van der Waals surface area contributed by atoms with Gasteiger partial charge >= 0.3 is 17.9 Å². The summed E-state index contributed by atoms with van der Waals surface area (Å²) >= 11 is 0. The molecule has 11 N–H and O–H groups in total. The maximum absolute atomic E-state index is 13.3. The molecule has 0 aliphatic heterocycles. The normalized spacial score (nSPS) is 13.8. The molecule has 222 valence electrons. The van der Waals surface area contributed by atoms with Gasteiger partial charge in [0.2, 0.25) is 23.6 Å². The standard InChI is InChI=1S/C25H32N6O10/c26-14(10-21(35)36)22(37)29-16(6-8-20(33)34)23(38)31-18(9-12-11-28-15-4-2-1-3-13(12)15)24(39)30-17(25(40)41)5-7-19(27)32/h1-4,11,14,16-18,28H,5-10,26H2,(H2,27,32)(H,29,37)(H,30,39)(H,31,38)(H,33,34)(H,35,36)(H,40,41). The molecule has 2 aromatic rings. The van der Waals surface area contributed by atoms with Gasteiger partial charge in [-0.3, -0.25) is 28.8 Å². The Morgan fingerprint density at radius 1 is 0.780 bits per heavy atom. The van der Waals surface area contributed by atoms with Crippen LogP contribution in [0.3, 0.4) is 0 Å². The highest BCUT2D eigenvalue weighted by molar-refractivity contribution is 5.95. The molecule has 16 nitrogen and oxygen atoms in total. The molecule has 0 bridgehead atoms. The Morgan fingerprint density at radius 3 is 1.98 bits per heavy atom. The number of para-hydroxylation sites is 1. The molecule has 1 aromatic heterocycles. The molecule has 0 radical (unpaired) electrons. The highest BCUT2D eigenvalue weighted by Crippen LogP contribution is 2.19. The first-order valence-electron chi connectivity index (χ1n) is 12.4. The molecule has 0 aliphatic carbocycles. The van der Waals surface area contributed by atoms with E-state index in [9.17, 15) is 38.7 Å². The van der Waals surface area contributed by atoms with Crippen molar-refractivity contribution < 1.29 is 48.9 Å². The molecule has 4 amide bonds. The summed E-state index contributed by atoms with van der Waals surface area (Å²) in [7, 11) is 0. The summed E-state index contributed by atoms with van der Waals surface area (Å²) in [6, 6.07) is 1.04. The number of aromatic nitrogens is 1. The third-order valence-electron chi connectivity index (χ3n) is 6.04. The van der Waals surface area contributed by atoms with Crippen LogP contribution in [0, 0.1) is 0 Å². The molecule has 0 saturated carbocycles. The smallest absolute Gasteiger partial charge is 0.326 e. The Balaban J connectivity index is 2.34. The number of hydrogen-bond acceptors (Lipinski definition) is 8. The van der Waals surface area contributed by atoms with Crippen molar-refractivity contribution in [2.24, 2.45) is 11.5 Å². The van der Waals surface area contributed by atoms with Gasteiger partial charge in [0.25, 0.3) is 0 Å². The minimum Gasteiger partial charge on any atom is -0.481 e. The van der Waals surface area contributed by atoms with Crippen LogP contribution in [-0.2, 0) is 40.0 Å². The second-order valence-corrected chi connectivity index (χ2v) is 9.23. The Hall–Kier alpha value is -4.99. The number of aromatic amines is 1. The molecule has 1 aromatic carbocycles. The Labute approximate surface area is 232 Å². The fraction of sp³-hybridized carbons (Fsp3) is 0.400. The van der Waals surface area contributed by atoms with Crippen LogP contribution in [0.1, 0.15) is 37.7 Å². The van der Waals surface area contributed by atoms with Crippen molar-refractivity contribution in [1.29, 1.82) is 0 Å². The topological polar surface area (TPSA) is 284 Å². The number of nitrogens with one attached hydrogen (secondary N) is 4. The number of H-pyrrole nitrogens is 1. The predicted octanol–water partition coefficient (Wildman–Crippen LogP) is -1.82. The quantitative estimate of drug-likeness (QED) is 0.101. The zero-order valence-corrected chi connectivity index (χ0v) is 21.8. The van der Waals surface area contributed by atoms with E-state index in [-0.39, 0.29) is 19.3 Å². The molecule has 16 heteroatoms. The maximum Gasteiger partial charge on any atom is 0.326 e. The number of carbonyl (C=O) groups excluding carboxylic acids is 4. The van der Waals surface area contributed by atoms with Gasteiger partial charge in [-0.05, 0) is 24.5 Å². The number of benzene rings is 1. The Morgan fingerprint density at radius 2 is 1.37 bits per heavy atom. The first kappa shape index (κ1) is 32.2. The molecular formula is C25H32N6O10. The van der Waals surface area contributed by atoms with E-state index in [0.717, 1.165) is 5.52 Å². The lowest BCUT2D eigenvalue weighted by Gasteiger charge is -2.25. The zero-order chi connectivity index (χ0) is 30.7. The van der Waals surface area contributed by atoms with E-state index in [2.05, 4.69) is 20.9 Å².